The third kappa shape index (κ3) is 2.14. The number of aromatic carboxylic acids is 1. The van der Waals surface area contributed by atoms with E-state index in [2.05, 4.69) is 24.0 Å². The molecule has 0 aliphatic carbocycles. The van der Waals surface area contributed by atoms with Gasteiger partial charge in [-0.3, -0.25) is 5.10 Å². The number of carboxylic acid groups (broad SMARTS) is 1. The molecule has 4 nitrogen and oxygen atoms in total. The number of nitrogens with one attached hydrogen (secondary N) is 1. The second-order valence-electron chi connectivity index (χ2n) is 4.65. The van der Waals surface area contributed by atoms with Crippen molar-refractivity contribution in [3.05, 3.63) is 41.1 Å². The molecule has 0 fully saturated rings. The van der Waals surface area contributed by atoms with Gasteiger partial charge in [-0.15, -0.1) is 0 Å². The number of carbonyl (C=O) groups is 1. The molecule has 0 spiro atoms. The smallest absolute Gasteiger partial charge is 0.339 e. The van der Waals surface area contributed by atoms with Crippen LogP contribution in [0.3, 0.4) is 0 Å². The molecule has 1 heterocycles. The van der Waals surface area contributed by atoms with E-state index in [1.807, 2.05) is 24.3 Å². The first-order chi connectivity index (χ1) is 8.50. The summed E-state index contributed by atoms with van der Waals surface area (Å²) < 4.78 is 0. The minimum absolute atomic E-state index is 0.243. The van der Waals surface area contributed by atoms with Gasteiger partial charge in [0.2, 0.25) is 0 Å². The molecule has 0 aliphatic rings. The Morgan fingerprint density at radius 3 is 2.39 bits per heavy atom. The van der Waals surface area contributed by atoms with Crippen LogP contribution < -0.4 is 0 Å². The number of carboxylic acids is 1. The zero-order chi connectivity index (χ0) is 13.3. The monoisotopic (exact) mass is 244 g/mol. The Morgan fingerprint density at radius 1 is 1.28 bits per heavy atom. The summed E-state index contributed by atoms with van der Waals surface area (Å²) in [5, 5.41) is 16.0. The molecule has 1 aromatic carbocycles. The molecule has 94 valence electrons. The van der Waals surface area contributed by atoms with E-state index in [1.165, 1.54) is 5.56 Å². The molecule has 0 saturated carbocycles. The number of H-pyrrole nitrogens is 1. The van der Waals surface area contributed by atoms with Crippen LogP contribution >= 0.6 is 0 Å². The third-order valence-electron chi connectivity index (χ3n) is 3.01. The normalized spacial score (nSPS) is 10.9. The zero-order valence-corrected chi connectivity index (χ0v) is 10.7. The number of hydrogen-bond acceptors (Lipinski definition) is 2. The third-order valence-corrected chi connectivity index (χ3v) is 3.01. The number of benzene rings is 1. The van der Waals surface area contributed by atoms with Crippen molar-refractivity contribution in [2.24, 2.45) is 0 Å². The molecule has 2 N–H and O–H groups in total. The summed E-state index contributed by atoms with van der Waals surface area (Å²) in [5.74, 6) is -0.497. The van der Waals surface area contributed by atoms with Gasteiger partial charge in [-0.05, 0) is 18.4 Å². The van der Waals surface area contributed by atoms with E-state index in [9.17, 15) is 9.90 Å². The molecule has 0 bridgehead atoms. The summed E-state index contributed by atoms with van der Waals surface area (Å²) in [6.45, 7) is 5.95. The average Bonchev–Trinajstić information content (AvgIpc) is 2.71. The number of nitrogens with zero attached hydrogens (tertiary/aromatic N) is 1. The molecule has 1 aromatic heterocycles. The van der Waals surface area contributed by atoms with E-state index in [0.717, 1.165) is 5.56 Å². The molecule has 0 atom stereocenters. The maximum atomic E-state index is 11.2. The highest BCUT2D eigenvalue weighted by atomic mass is 16.4. The van der Waals surface area contributed by atoms with E-state index in [-0.39, 0.29) is 5.56 Å². The summed E-state index contributed by atoms with van der Waals surface area (Å²) in [5.41, 5.74) is 3.36. The summed E-state index contributed by atoms with van der Waals surface area (Å²) in [6, 6.07) is 7.85. The lowest BCUT2D eigenvalue weighted by Crippen LogP contribution is -1.99. The Kier molecular flexibility index (Phi) is 3.19. The summed E-state index contributed by atoms with van der Waals surface area (Å²) in [6.07, 6.45) is 0. The Hall–Kier alpha value is -2.10. The van der Waals surface area contributed by atoms with Gasteiger partial charge in [0.15, 0.2) is 0 Å². The van der Waals surface area contributed by atoms with Crippen LogP contribution in [0.25, 0.3) is 11.3 Å². The molecule has 4 heteroatoms. The Balaban J connectivity index is 2.46. The van der Waals surface area contributed by atoms with Crippen molar-refractivity contribution in [1.29, 1.82) is 0 Å². The Morgan fingerprint density at radius 2 is 1.89 bits per heavy atom. The van der Waals surface area contributed by atoms with Gasteiger partial charge >= 0.3 is 5.97 Å². The SMILES string of the molecule is Cc1[nH]nc(-c2ccc(C(C)C)cc2)c1C(=O)O. The van der Waals surface area contributed by atoms with Gasteiger partial charge in [0, 0.05) is 11.3 Å². The summed E-state index contributed by atoms with van der Waals surface area (Å²) >= 11 is 0. The molecular formula is C14H16N2O2. The number of aromatic amines is 1. The van der Waals surface area contributed by atoms with Crippen LogP contribution in [0.1, 0.15) is 41.4 Å². The highest BCUT2D eigenvalue weighted by Crippen LogP contribution is 2.25. The quantitative estimate of drug-likeness (QED) is 0.871. The topological polar surface area (TPSA) is 66.0 Å². The molecule has 2 aromatic rings. The van der Waals surface area contributed by atoms with Crippen molar-refractivity contribution >= 4 is 5.97 Å². The molecule has 0 unspecified atom stereocenters. The average molecular weight is 244 g/mol. The molecular weight excluding hydrogens is 228 g/mol. The molecule has 0 radical (unpaired) electrons. The number of aromatic nitrogens is 2. The standard InChI is InChI=1S/C14H16N2O2/c1-8(2)10-4-6-11(7-5-10)13-12(14(17)18)9(3)15-16-13/h4-8H,1-3H3,(H,15,16)(H,17,18). The minimum Gasteiger partial charge on any atom is -0.478 e. The van der Waals surface area contributed by atoms with Crippen LogP contribution in [0.4, 0.5) is 0 Å². The molecule has 0 amide bonds. The van der Waals surface area contributed by atoms with Crippen LogP contribution in [0.2, 0.25) is 0 Å². The summed E-state index contributed by atoms with van der Waals surface area (Å²) in [4.78, 5) is 11.2. The second kappa shape index (κ2) is 4.64. The van der Waals surface area contributed by atoms with Crippen LogP contribution in [-0.4, -0.2) is 21.3 Å². The highest BCUT2D eigenvalue weighted by Gasteiger charge is 2.18. The van der Waals surface area contributed by atoms with Crippen LogP contribution in [0.5, 0.6) is 0 Å². The predicted molar refractivity (Wildman–Crippen MR) is 69.8 cm³/mol. The lowest BCUT2D eigenvalue weighted by Gasteiger charge is -2.06. The van der Waals surface area contributed by atoms with E-state index < -0.39 is 5.97 Å². The second-order valence-corrected chi connectivity index (χ2v) is 4.65. The van der Waals surface area contributed by atoms with Crippen molar-refractivity contribution in [3.8, 4) is 11.3 Å². The van der Waals surface area contributed by atoms with Crippen LogP contribution in [0.15, 0.2) is 24.3 Å². The van der Waals surface area contributed by atoms with Gasteiger partial charge < -0.3 is 5.11 Å². The van der Waals surface area contributed by atoms with E-state index in [1.54, 1.807) is 6.92 Å². The lowest BCUT2D eigenvalue weighted by molar-refractivity contribution is 0.0697. The maximum Gasteiger partial charge on any atom is 0.339 e. The van der Waals surface area contributed by atoms with Gasteiger partial charge in [0.1, 0.15) is 11.3 Å². The molecule has 0 saturated heterocycles. The largest absolute Gasteiger partial charge is 0.478 e. The minimum atomic E-state index is -0.954. The van der Waals surface area contributed by atoms with Gasteiger partial charge in [-0.2, -0.15) is 5.10 Å². The highest BCUT2D eigenvalue weighted by molar-refractivity contribution is 5.96. The van der Waals surface area contributed by atoms with Gasteiger partial charge in [-0.25, -0.2) is 4.79 Å². The van der Waals surface area contributed by atoms with Crippen LogP contribution in [-0.2, 0) is 0 Å². The first-order valence-electron chi connectivity index (χ1n) is 5.89. The number of rotatable bonds is 3. The van der Waals surface area contributed by atoms with Crippen molar-refractivity contribution in [2.45, 2.75) is 26.7 Å². The van der Waals surface area contributed by atoms with E-state index >= 15 is 0 Å². The fourth-order valence-electron chi connectivity index (χ4n) is 1.93. The van der Waals surface area contributed by atoms with E-state index in [0.29, 0.717) is 17.3 Å². The fraction of sp³-hybridized carbons (Fsp3) is 0.286. The number of hydrogen-bond donors (Lipinski definition) is 2. The predicted octanol–water partition coefficient (Wildman–Crippen LogP) is 3.21. The Bertz CT molecular complexity index is 568. The van der Waals surface area contributed by atoms with Gasteiger partial charge in [0.05, 0.1) is 0 Å². The summed E-state index contributed by atoms with van der Waals surface area (Å²) in [7, 11) is 0. The first-order valence-corrected chi connectivity index (χ1v) is 5.89. The fourth-order valence-corrected chi connectivity index (χ4v) is 1.93. The van der Waals surface area contributed by atoms with Crippen LogP contribution in [0, 0.1) is 6.92 Å². The Labute approximate surface area is 106 Å². The van der Waals surface area contributed by atoms with Crippen molar-refractivity contribution in [2.75, 3.05) is 0 Å². The first kappa shape index (κ1) is 12.4. The molecule has 2 rings (SSSR count). The lowest BCUT2D eigenvalue weighted by atomic mass is 9.99. The van der Waals surface area contributed by atoms with Crippen molar-refractivity contribution < 1.29 is 9.90 Å². The van der Waals surface area contributed by atoms with Gasteiger partial charge in [0.25, 0.3) is 0 Å². The van der Waals surface area contributed by atoms with Crippen molar-refractivity contribution in [3.63, 3.8) is 0 Å². The molecule has 18 heavy (non-hydrogen) atoms. The zero-order valence-electron chi connectivity index (χ0n) is 10.7. The maximum absolute atomic E-state index is 11.2. The number of aryl methyl sites for hydroxylation is 1. The molecule has 0 aliphatic heterocycles. The van der Waals surface area contributed by atoms with E-state index in [4.69, 9.17) is 0 Å². The van der Waals surface area contributed by atoms with Gasteiger partial charge in [-0.1, -0.05) is 38.1 Å². The van der Waals surface area contributed by atoms with Crippen molar-refractivity contribution in [1.82, 2.24) is 10.2 Å².